The van der Waals surface area contributed by atoms with Crippen molar-refractivity contribution in [2.75, 3.05) is 20.3 Å². The molecular weight excluding hydrogens is 312 g/mol. The molecule has 0 spiro atoms. The molecule has 2 aromatic rings. The molecule has 7 heteroatoms. The fourth-order valence-electron chi connectivity index (χ4n) is 2.62. The molecule has 1 atom stereocenters. The van der Waals surface area contributed by atoms with Crippen LogP contribution in [0.1, 0.15) is 12.7 Å². The highest BCUT2D eigenvalue weighted by Gasteiger charge is 2.50. The van der Waals surface area contributed by atoms with Crippen molar-refractivity contribution < 1.29 is 23.5 Å². The maximum Gasteiger partial charge on any atom is 0.325 e. The van der Waals surface area contributed by atoms with E-state index in [-0.39, 0.29) is 19.1 Å². The van der Waals surface area contributed by atoms with Gasteiger partial charge in [0, 0.05) is 0 Å². The van der Waals surface area contributed by atoms with Crippen molar-refractivity contribution in [3.8, 4) is 11.5 Å². The molecule has 0 aliphatic carbocycles. The van der Waals surface area contributed by atoms with E-state index in [1.807, 2.05) is 12.1 Å². The minimum Gasteiger partial charge on any atom is -0.493 e. The highest BCUT2D eigenvalue weighted by atomic mass is 16.5. The van der Waals surface area contributed by atoms with Gasteiger partial charge in [0.15, 0.2) is 17.0 Å². The Morgan fingerprint density at radius 1 is 1.17 bits per heavy atom. The zero-order valence-electron chi connectivity index (χ0n) is 13.4. The number of rotatable bonds is 6. The molecule has 1 aliphatic rings. The molecule has 0 bridgehead atoms. The van der Waals surface area contributed by atoms with E-state index in [0.717, 1.165) is 4.90 Å². The molecule has 1 N–H and O–H groups in total. The van der Waals surface area contributed by atoms with Gasteiger partial charge >= 0.3 is 6.03 Å². The number of nitrogens with one attached hydrogen (secondary N) is 1. The van der Waals surface area contributed by atoms with Gasteiger partial charge in [0.05, 0.1) is 19.9 Å². The zero-order valence-corrected chi connectivity index (χ0v) is 13.4. The van der Waals surface area contributed by atoms with Crippen LogP contribution in [-0.2, 0) is 10.3 Å². The Hall–Kier alpha value is -2.96. The average Bonchev–Trinajstić information content (AvgIpc) is 3.19. The second-order valence-electron chi connectivity index (χ2n) is 5.49. The summed E-state index contributed by atoms with van der Waals surface area (Å²) < 4.78 is 16.1. The molecule has 1 aromatic heterocycles. The van der Waals surface area contributed by atoms with Gasteiger partial charge in [-0.2, -0.15) is 0 Å². The van der Waals surface area contributed by atoms with Gasteiger partial charge in [-0.25, -0.2) is 4.79 Å². The predicted octanol–water partition coefficient (Wildman–Crippen LogP) is 2.13. The second kappa shape index (κ2) is 6.27. The third kappa shape index (κ3) is 2.68. The molecule has 1 aliphatic heterocycles. The Morgan fingerprint density at radius 3 is 2.58 bits per heavy atom. The SMILES string of the molecule is COc1ccccc1OCCN1C(=O)NC(C)(c2ccco2)C1=O. The first-order valence-electron chi connectivity index (χ1n) is 7.50. The summed E-state index contributed by atoms with van der Waals surface area (Å²) in [6, 6.07) is 10.1. The van der Waals surface area contributed by atoms with Crippen LogP contribution in [-0.4, -0.2) is 37.1 Å². The van der Waals surface area contributed by atoms with Crippen LogP contribution >= 0.6 is 0 Å². The minimum atomic E-state index is -1.19. The van der Waals surface area contributed by atoms with Gasteiger partial charge in [-0.05, 0) is 31.2 Å². The number of hydrogen-bond acceptors (Lipinski definition) is 5. The van der Waals surface area contributed by atoms with Gasteiger partial charge in [0.25, 0.3) is 5.91 Å². The number of nitrogens with zero attached hydrogens (tertiary/aromatic N) is 1. The molecule has 1 unspecified atom stereocenters. The molecule has 0 radical (unpaired) electrons. The highest BCUT2D eigenvalue weighted by Crippen LogP contribution is 2.29. The summed E-state index contributed by atoms with van der Waals surface area (Å²) in [4.78, 5) is 25.9. The van der Waals surface area contributed by atoms with Gasteiger partial charge in [-0.1, -0.05) is 12.1 Å². The lowest BCUT2D eigenvalue weighted by Gasteiger charge is -2.19. The summed E-state index contributed by atoms with van der Waals surface area (Å²) >= 11 is 0. The first-order valence-corrected chi connectivity index (χ1v) is 7.50. The van der Waals surface area contributed by atoms with Crippen LogP contribution in [0.2, 0.25) is 0 Å². The number of hydrogen-bond donors (Lipinski definition) is 1. The molecule has 0 saturated carbocycles. The van der Waals surface area contributed by atoms with Crippen molar-refractivity contribution in [3.05, 3.63) is 48.4 Å². The van der Waals surface area contributed by atoms with E-state index in [0.29, 0.717) is 17.3 Å². The van der Waals surface area contributed by atoms with E-state index in [1.54, 1.807) is 38.3 Å². The lowest BCUT2D eigenvalue weighted by Crippen LogP contribution is -2.41. The Morgan fingerprint density at radius 2 is 1.92 bits per heavy atom. The van der Waals surface area contributed by atoms with Gasteiger partial charge in [0.2, 0.25) is 0 Å². The van der Waals surface area contributed by atoms with Crippen LogP contribution in [0.4, 0.5) is 4.79 Å². The number of amides is 3. The van der Waals surface area contributed by atoms with Crippen molar-refractivity contribution in [1.29, 1.82) is 0 Å². The number of carbonyl (C=O) groups excluding carboxylic acids is 2. The Kier molecular flexibility index (Phi) is 4.16. The number of methoxy groups -OCH3 is 1. The normalized spacial score (nSPS) is 20.2. The smallest absolute Gasteiger partial charge is 0.325 e. The van der Waals surface area contributed by atoms with Crippen molar-refractivity contribution in [1.82, 2.24) is 10.2 Å². The fourth-order valence-corrected chi connectivity index (χ4v) is 2.62. The number of imide groups is 1. The molecular formula is C17H18N2O5. The topological polar surface area (TPSA) is 81.0 Å². The molecule has 3 amide bonds. The fraction of sp³-hybridized carbons (Fsp3) is 0.294. The summed E-state index contributed by atoms with van der Waals surface area (Å²) in [5.74, 6) is 1.18. The van der Waals surface area contributed by atoms with Crippen LogP contribution in [0.15, 0.2) is 47.1 Å². The highest BCUT2D eigenvalue weighted by molar-refractivity contribution is 6.06. The van der Waals surface area contributed by atoms with Crippen molar-refractivity contribution in [2.45, 2.75) is 12.5 Å². The van der Waals surface area contributed by atoms with E-state index in [2.05, 4.69) is 5.32 Å². The summed E-state index contributed by atoms with van der Waals surface area (Å²) in [7, 11) is 1.55. The standard InChI is InChI=1S/C17H18N2O5/c1-17(14-8-5-10-24-14)15(20)19(16(21)18-17)9-11-23-13-7-4-3-6-12(13)22-2/h3-8,10H,9,11H2,1-2H3,(H,18,21). The summed E-state index contributed by atoms with van der Waals surface area (Å²) in [5, 5.41) is 2.67. The van der Waals surface area contributed by atoms with Crippen LogP contribution in [0.3, 0.4) is 0 Å². The maximum absolute atomic E-state index is 12.6. The molecule has 1 aromatic carbocycles. The molecule has 3 rings (SSSR count). The molecule has 24 heavy (non-hydrogen) atoms. The summed E-state index contributed by atoms with van der Waals surface area (Å²) in [6.07, 6.45) is 1.47. The van der Waals surface area contributed by atoms with Crippen molar-refractivity contribution in [2.24, 2.45) is 0 Å². The predicted molar refractivity (Wildman–Crippen MR) is 84.8 cm³/mol. The summed E-state index contributed by atoms with van der Waals surface area (Å²) in [6.45, 7) is 1.90. The number of ether oxygens (including phenoxy) is 2. The first-order chi connectivity index (χ1) is 11.6. The molecule has 1 saturated heterocycles. The Bertz CT molecular complexity index is 743. The molecule has 126 valence electrons. The minimum absolute atomic E-state index is 0.124. The van der Waals surface area contributed by atoms with Crippen LogP contribution in [0.5, 0.6) is 11.5 Å². The number of carbonyl (C=O) groups is 2. The van der Waals surface area contributed by atoms with Crippen LogP contribution < -0.4 is 14.8 Å². The lowest BCUT2D eigenvalue weighted by atomic mass is 9.99. The second-order valence-corrected chi connectivity index (χ2v) is 5.49. The van der Waals surface area contributed by atoms with E-state index in [9.17, 15) is 9.59 Å². The third-order valence-electron chi connectivity index (χ3n) is 3.93. The largest absolute Gasteiger partial charge is 0.493 e. The monoisotopic (exact) mass is 330 g/mol. The van der Waals surface area contributed by atoms with Gasteiger partial charge in [-0.15, -0.1) is 0 Å². The van der Waals surface area contributed by atoms with Gasteiger partial charge in [-0.3, -0.25) is 9.69 Å². The van der Waals surface area contributed by atoms with E-state index in [1.165, 1.54) is 6.26 Å². The maximum atomic E-state index is 12.6. The Labute approximate surface area is 139 Å². The lowest BCUT2D eigenvalue weighted by molar-refractivity contribution is -0.131. The van der Waals surface area contributed by atoms with Crippen molar-refractivity contribution in [3.63, 3.8) is 0 Å². The van der Waals surface area contributed by atoms with E-state index >= 15 is 0 Å². The number of benzene rings is 1. The van der Waals surface area contributed by atoms with Crippen LogP contribution in [0.25, 0.3) is 0 Å². The average molecular weight is 330 g/mol. The molecule has 1 fully saturated rings. The molecule has 2 heterocycles. The molecule has 7 nitrogen and oxygen atoms in total. The number of para-hydroxylation sites is 2. The first kappa shape index (κ1) is 15.9. The van der Waals surface area contributed by atoms with Gasteiger partial charge in [0.1, 0.15) is 12.4 Å². The summed E-state index contributed by atoms with van der Waals surface area (Å²) in [5.41, 5.74) is -1.19. The Balaban J connectivity index is 1.66. The van der Waals surface area contributed by atoms with E-state index in [4.69, 9.17) is 13.9 Å². The van der Waals surface area contributed by atoms with E-state index < -0.39 is 11.6 Å². The van der Waals surface area contributed by atoms with Crippen molar-refractivity contribution >= 4 is 11.9 Å². The van der Waals surface area contributed by atoms with Gasteiger partial charge < -0.3 is 19.2 Å². The third-order valence-corrected chi connectivity index (χ3v) is 3.93. The number of urea groups is 1. The number of furan rings is 1. The quantitative estimate of drug-likeness (QED) is 0.821. The van der Waals surface area contributed by atoms with Crippen LogP contribution in [0, 0.1) is 0 Å². The zero-order chi connectivity index (χ0) is 17.2.